The van der Waals surface area contributed by atoms with E-state index in [2.05, 4.69) is 21.2 Å². The number of rotatable bonds is 1. The van der Waals surface area contributed by atoms with Gasteiger partial charge >= 0.3 is 0 Å². The van der Waals surface area contributed by atoms with Crippen LogP contribution in [-0.4, -0.2) is 15.2 Å². The molecule has 0 unspecified atom stereocenters. The fraction of sp³-hybridized carbons (Fsp3) is 0. The van der Waals surface area contributed by atoms with Gasteiger partial charge in [-0.15, -0.1) is 0 Å². The highest BCUT2D eigenvalue weighted by Gasteiger charge is 2.03. The molecule has 0 spiro atoms. The van der Waals surface area contributed by atoms with Crippen LogP contribution in [0.4, 0.5) is 5.69 Å². The Hall–Kier alpha value is -2.23. The van der Waals surface area contributed by atoms with Crippen LogP contribution >= 0.6 is 0 Å². The fourth-order valence-corrected chi connectivity index (χ4v) is 1.73. The van der Waals surface area contributed by atoms with Crippen molar-refractivity contribution in [1.29, 1.82) is 0 Å². The summed E-state index contributed by atoms with van der Waals surface area (Å²) in [6, 6.07) is 6.13. The van der Waals surface area contributed by atoms with Crippen molar-refractivity contribution in [2.45, 2.75) is 0 Å². The molecule has 0 saturated carbocycles. The Morgan fingerprint density at radius 2 is 2.07 bits per heavy atom. The molecule has 2 heterocycles. The highest BCUT2D eigenvalue weighted by atomic mass is 15.1. The van der Waals surface area contributed by atoms with Crippen molar-refractivity contribution in [1.82, 2.24) is 15.2 Å². The molecule has 0 amide bonds. The lowest BCUT2D eigenvalue weighted by Gasteiger charge is -1.97. The van der Waals surface area contributed by atoms with Crippen molar-refractivity contribution < 1.29 is 0 Å². The zero-order chi connectivity index (χ0) is 10.3. The van der Waals surface area contributed by atoms with E-state index in [0.717, 1.165) is 27.7 Å². The third kappa shape index (κ3) is 1.19. The molecule has 0 radical (unpaired) electrons. The number of nitrogens with one attached hydrogen (secondary N) is 2. The van der Waals surface area contributed by atoms with Crippen molar-refractivity contribution in [3.05, 3.63) is 36.8 Å². The molecule has 15 heavy (non-hydrogen) atoms. The van der Waals surface area contributed by atoms with E-state index in [4.69, 9.17) is 5.73 Å². The quantitative estimate of drug-likeness (QED) is 0.560. The topological polar surface area (TPSA) is 70.5 Å². The first-order valence-electron chi connectivity index (χ1n) is 4.70. The molecule has 0 bridgehead atoms. The van der Waals surface area contributed by atoms with Gasteiger partial charge < -0.3 is 10.7 Å². The van der Waals surface area contributed by atoms with E-state index in [1.54, 1.807) is 6.20 Å². The summed E-state index contributed by atoms with van der Waals surface area (Å²) in [7, 11) is 0. The molecule has 74 valence electrons. The SMILES string of the molecule is Nc1c[nH]c2ccc(-c3cn[nH]c3)cc12. The number of anilines is 1. The van der Waals surface area contributed by atoms with Gasteiger partial charge in [0.15, 0.2) is 0 Å². The molecule has 2 aromatic heterocycles. The molecule has 0 atom stereocenters. The second kappa shape index (κ2) is 2.88. The second-order valence-electron chi connectivity index (χ2n) is 3.49. The van der Waals surface area contributed by atoms with E-state index in [0.29, 0.717) is 0 Å². The zero-order valence-electron chi connectivity index (χ0n) is 7.99. The predicted molar refractivity (Wildman–Crippen MR) is 60.3 cm³/mol. The standard InChI is InChI=1S/C11H10N4/c12-10-6-13-11-2-1-7(3-9(10)11)8-4-14-15-5-8/h1-6,13H,12H2,(H,14,15). The summed E-state index contributed by atoms with van der Waals surface area (Å²) in [6.45, 7) is 0. The molecular formula is C11H10N4. The van der Waals surface area contributed by atoms with Crippen LogP contribution in [-0.2, 0) is 0 Å². The van der Waals surface area contributed by atoms with Gasteiger partial charge in [0.05, 0.1) is 11.9 Å². The van der Waals surface area contributed by atoms with Gasteiger partial charge in [0.25, 0.3) is 0 Å². The number of aromatic nitrogens is 3. The largest absolute Gasteiger partial charge is 0.397 e. The summed E-state index contributed by atoms with van der Waals surface area (Å²) in [5.74, 6) is 0. The van der Waals surface area contributed by atoms with E-state index >= 15 is 0 Å². The Balaban J connectivity index is 2.25. The van der Waals surface area contributed by atoms with Gasteiger partial charge in [-0.3, -0.25) is 5.10 Å². The Bertz CT molecular complexity index is 592. The predicted octanol–water partition coefficient (Wildman–Crippen LogP) is 2.14. The van der Waals surface area contributed by atoms with Crippen LogP contribution in [0, 0.1) is 0 Å². The minimum absolute atomic E-state index is 0.773. The molecule has 0 aliphatic heterocycles. The number of nitrogens with zero attached hydrogens (tertiary/aromatic N) is 1. The van der Waals surface area contributed by atoms with Crippen molar-refractivity contribution >= 4 is 16.6 Å². The fourth-order valence-electron chi connectivity index (χ4n) is 1.73. The van der Waals surface area contributed by atoms with Crippen LogP contribution in [0.5, 0.6) is 0 Å². The number of hydrogen-bond donors (Lipinski definition) is 3. The van der Waals surface area contributed by atoms with Crippen LogP contribution in [0.15, 0.2) is 36.8 Å². The van der Waals surface area contributed by atoms with Crippen LogP contribution < -0.4 is 5.73 Å². The average molecular weight is 198 g/mol. The van der Waals surface area contributed by atoms with Crippen LogP contribution in [0.3, 0.4) is 0 Å². The molecule has 4 nitrogen and oxygen atoms in total. The van der Waals surface area contributed by atoms with Gasteiger partial charge in [-0.05, 0) is 17.7 Å². The Kier molecular flexibility index (Phi) is 1.56. The van der Waals surface area contributed by atoms with Crippen LogP contribution in [0.2, 0.25) is 0 Å². The maximum Gasteiger partial charge on any atom is 0.0572 e. The smallest absolute Gasteiger partial charge is 0.0572 e. The first-order valence-corrected chi connectivity index (χ1v) is 4.70. The molecule has 3 aromatic rings. The first kappa shape index (κ1) is 8.11. The van der Waals surface area contributed by atoms with Crippen molar-refractivity contribution in [2.75, 3.05) is 5.73 Å². The zero-order valence-corrected chi connectivity index (χ0v) is 7.99. The first-order chi connectivity index (χ1) is 7.34. The summed E-state index contributed by atoms with van der Waals surface area (Å²) < 4.78 is 0. The summed E-state index contributed by atoms with van der Waals surface area (Å²) in [5.41, 5.74) is 9.85. The van der Waals surface area contributed by atoms with Gasteiger partial charge in [-0.1, -0.05) is 6.07 Å². The van der Waals surface area contributed by atoms with Crippen molar-refractivity contribution in [2.24, 2.45) is 0 Å². The average Bonchev–Trinajstić information content (AvgIpc) is 2.88. The molecule has 0 saturated heterocycles. The number of H-pyrrole nitrogens is 2. The molecule has 4 N–H and O–H groups in total. The number of nitrogens with two attached hydrogens (primary N) is 1. The molecule has 3 rings (SSSR count). The molecule has 0 aliphatic rings. The highest BCUT2D eigenvalue weighted by Crippen LogP contribution is 2.26. The summed E-state index contributed by atoms with van der Waals surface area (Å²) in [5, 5.41) is 7.77. The number of aromatic amines is 2. The summed E-state index contributed by atoms with van der Waals surface area (Å²) in [6.07, 6.45) is 5.47. The molecule has 0 aliphatic carbocycles. The molecule has 4 heteroatoms. The van der Waals surface area contributed by atoms with E-state index in [1.807, 2.05) is 24.5 Å². The lowest BCUT2D eigenvalue weighted by molar-refractivity contribution is 1.09. The summed E-state index contributed by atoms with van der Waals surface area (Å²) in [4.78, 5) is 3.11. The Labute approximate surface area is 86.1 Å². The van der Waals surface area contributed by atoms with Crippen molar-refractivity contribution in [3.8, 4) is 11.1 Å². The second-order valence-corrected chi connectivity index (χ2v) is 3.49. The monoisotopic (exact) mass is 198 g/mol. The lowest BCUT2D eigenvalue weighted by atomic mass is 10.1. The van der Waals surface area contributed by atoms with Gasteiger partial charge in [0.1, 0.15) is 0 Å². The van der Waals surface area contributed by atoms with E-state index in [1.165, 1.54) is 0 Å². The van der Waals surface area contributed by atoms with Gasteiger partial charge in [0.2, 0.25) is 0 Å². The maximum absolute atomic E-state index is 5.84. The van der Waals surface area contributed by atoms with E-state index < -0.39 is 0 Å². The number of hydrogen-bond acceptors (Lipinski definition) is 2. The molecular weight excluding hydrogens is 188 g/mol. The summed E-state index contributed by atoms with van der Waals surface area (Å²) >= 11 is 0. The highest BCUT2D eigenvalue weighted by molar-refractivity contribution is 5.94. The normalized spacial score (nSPS) is 10.9. The minimum atomic E-state index is 0.773. The van der Waals surface area contributed by atoms with Crippen molar-refractivity contribution in [3.63, 3.8) is 0 Å². The van der Waals surface area contributed by atoms with Crippen LogP contribution in [0.25, 0.3) is 22.0 Å². The van der Waals surface area contributed by atoms with Gasteiger partial charge in [0, 0.05) is 28.9 Å². The Morgan fingerprint density at radius 1 is 1.13 bits per heavy atom. The Morgan fingerprint density at radius 3 is 2.87 bits per heavy atom. The van der Waals surface area contributed by atoms with Gasteiger partial charge in [-0.2, -0.15) is 5.10 Å². The molecule has 1 aromatic carbocycles. The minimum Gasteiger partial charge on any atom is -0.397 e. The number of fused-ring (bicyclic) bond motifs is 1. The van der Waals surface area contributed by atoms with Crippen LogP contribution in [0.1, 0.15) is 0 Å². The number of benzene rings is 1. The maximum atomic E-state index is 5.84. The van der Waals surface area contributed by atoms with Gasteiger partial charge in [-0.25, -0.2) is 0 Å². The third-order valence-electron chi connectivity index (χ3n) is 2.55. The number of nitrogen functional groups attached to an aromatic ring is 1. The molecule has 0 fully saturated rings. The van der Waals surface area contributed by atoms with E-state index in [-0.39, 0.29) is 0 Å². The van der Waals surface area contributed by atoms with E-state index in [9.17, 15) is 0 Å². The lowest BCUT2D eigenvalue weighted by Crippen LogP contribution is -1.81. The third-order valence-corrected chi connectivity index (χ3v) is 2.55.